The number of phenols is 1. The smallest absolute Gasteiger partial charge is 0.257 e. The SMILES string of the molecule is CN(C)C(=O)c1cc(N2CCN(C(C(=O)N(C)C)c3ccccc3)CC2)ccc1O. The van der Waals surface area contributed by atoms with E-state index in [4.69, 9.17) is 0 Å². The molecule has 7 nitrogen and oxygen atoms in total. The molecule has 1 unspecified atom stereocenters. The van der Waals surface area contributed by atoms with Crippen molar-refractivity contribution in [1.82, 2.24) is 14.7 Å². The van der Waals surface area contributed by atoms with Crippen LogP contribution in [0.5, 0.6) is 5.75 Å². The minimum atomic E-state index is -0.311. The first kappa shape index (κ1) is 21.6. The summed E-state index contributed by atoms with van der Waals surface area (Å²) in [5.41, 5.74) is 2.19. The maximum Gasteiger partial charge on any atom is 0.257 e. The standard InChI is InChI=1S/C23H30N4O3/c1-24(2)22(29)19-16-18(10-11-20(19)28)26-12-14-27(15-13-26)21(23(30)25(3)4)17-8-6-5-7-9-17/h5-11,16,21,28H,12-15H2,1-4H3. The number of nitrogens with zero attached hydrogens (tertiary/aromatic N) is 4. The van der Waals surface area contributed by atoms with Crippen molar-refractivity contribution in [3.8, 4) is 5.75 Å². The van der Waals surface area contributed by atoms with Crippen molar-refractivity contribution in [2.45, 2.75) is 6.04 Å². The summed E-state index contributed by atoms with van der Waals surface area (Å²) in [5, 5.41) is 10.1. The lowest BCUT2D eigenvalue weighted by Crippen LogP contribution is -2.51. The average Bonchev–Trinajstić information content (AvgIpc) is 2.75. The predicted molar refractivity (Wildman–Crippen MR) is 118 cm³/mol. The molecule has 2 aromatic rings. The van der Waals surface area contributed by atoms with Crippen molar-refractivity contribution in [3.05, 3.63) is 59.7 Å². The lowest BCUT2D eigenvalue weighted by atomic mass is 10.0. The van der Waals surface area contributed by atoms with Gasteiger partial charge in [0.1, 0.15) is 11.8 Å². The molecule has 30 heavy (non-hydrogen) atoms. The van der Waals surface area contributed by atoms with Gasteiger partial charge in [0.2, 0.25) is 5.91 Å². The molecule has 0 aliphatic carbocycles. The lowest BCUT2D eigenvalue weighted by molar-refractivity contribution is -0.134. The second-order valence-corrected chi connectivity index (χ2v) is 7.97. The average molecular weight is 411 g/mol. The van der Waals surface area contributed by atoms with E-state index >= 15 is 0 Å². The van der Waals surface area contributed by atoms with E-state index in [0.29, 0.717) is 5.56 Å². The van der Waals surface area contributed by atoms with E-state index in [1.54, 1.807) is 45.2 Å². The lowest BCUT2D eigenvalue weighted by Gasteiger charge is -2.40. The number of carbonyl (C=O) groups excluding carboxylic acids is 2. The van der Waals surface area contributed by atoms with Crippen molar-refractivity contribution in [3.63, 3.8) is 0 Å². The molecule has 160 valence electrons. The van der Waals surface area contributed by atoms with Crippen molar-refractivity contribution >= 4 is 17.5 Å². The van der Waals surface area contributed by atoms with Gasteiger partial charge in [-0.3, -0.25) is 14.5 Å². The molecule has 0 spiro atoms. The third-order valence-corrected chi connectivity index (χ3v) is 5.45. The van der Waals surface area contributed by atoms with E-state index in [1.165, 1.54) is 4.90 Å². The highest BCUT2D eigenvalue weighted by Crippen LogP contribution is 2.28. The van der Waals surface area contributed by atoms with Crippen molar-refractivity contribution in [2.75, 3.05) is 59.3 Å². The van der Waals surface area contributed by atoms with Gasteiger partial charge in [0.15, 0.2) is 0 Å². The molecule has 1 heterocycles. The van der Waals surface area contributed by atoms with Gasteiger partial charge in [-0.25, -0.2) is 0 Å². The third kappa shape index (κ3) is 4.57. The van der Waals surface area contributed by atoms with Crippen LogP contribution in [-0.4, -0.2) is 86.0 Å². The minimum absolute atomic E-state index is 0.0168. The number of piperazine rings is 1. The van der Waals surface area contributed by atoms with Crippen LogP contribution in [0.1, 0.15) is 22.0 Å². The fraction of sp³-hybridized carbons (Fsp3) is 0.391. The van der Waals surface area contributed by atoms with Gasteiger partial charge in [-0.15, -0.1) is 0 Å². The van der Waals surface area contributed by atoms with Gasteiger partial charge in [-0.1, -0.05) is 30.3 Å². The first-order valence-corrected chi connectivity index (χ1v) is 10.1. The fourth-order valence-electron chi connectivity index (χ4n) is 3.76. The number of hydrogen-bond donors (Lipinski definition) is 1. The summed E-state index contributed by atoms with van der Waals surface area (Å²) in [6.45, 7) is 2.89. The number of rotatable bonds is 5. The first-order chi connectivity index (χ1) is 14.3. The summed E-state index contributed by atoms with van der Waals surface area (Å²) in [5.74, 6) is -0.177. The van der Waals surface area contributed by atoms with Crippen LogP contribution in [0.2, 0.25) is 0 Å². The maximum atomic E-state index is 12.9. The predicted octanol–water partition coefficient (Wildman–Crippen LogP) is 2.05. The van der Waals surface area contributed by atoms with Crippen LogP contribution in [0.15, 0.2) is 48.5 Å². The second kappa shape index (κ2) is 9.17. The van der Waals surface area contributed by atoms with E-state index < -0.39 is 0 Å². The molecule has 0 saturated carbocycles. The van der Waals surface area contributed by atoms with E-state index in [-0.39, 0.29) is 23.6 Å². The second-order valence-electron chi connectivity index (χ2n) is 7.97. The van der Waals surface area contributed by atoms with Gasteiger partial charge in [0.25, 0.3) is 5.91 Å². The Bertz CT molecular complexity index is 891. The van der Waals surface area contributed by atoms with E-state index in [0.717, 1.165) is 37.4 Å². The minimum Gasteiger partial charge on any atom is -0.507 e. The van der Waals surface area contributed by atoms with Crippen LogP contribution in [0.25, 0.3) is 0 Å². The summed E-state index contributed by atoms with van der Waals surface area (Å²) in [4.78, 5) is 32.7. The summed E-state index contributed by atoms with van der Waals surface area (Å²) >= 11 is 0. The van der Waals surface area contributed by atoms with Crippen LogP contribution in [0, 0.1) is 0 Å². The first-order valence-electron chi connectivity index (χ1n) is 10.1. The van der Waals surface area contributed by atoms with Gasteiger partial charge in [0, 0.05) is 60.1 Å². The Labute approximate surface area is 178 Å². The molecular weight excluding hydrogens is 380 g/mol. The van der Waals surface area contributed by atoms with Crippen LogP contribution in [0.4, 0.5) is 5.69 Å². The molecular formula is C23H30N4O3. The highest BCUT2D eigenvalue weighted by molar-refractivity contribution is 5.97. The summed E-state index contributed by atoms with van der Waals surface area (Å²) in [6, 6.07) is 14.7. The Morgan fingerprint density at radius 2 is 1.53 bits per heavy atom. The van der Waals surface area contributed by atoms with Gasteiger partial charge >= 0.3 is 0 Å². The van der Waals surface area contributed by atoms with Crippen molar-refractivity contribution < 1.29 is 14.7 Å². The Hall–Kier alpha value is -3.06. The Balaban J connectivity index is 1.77. The van der Waals surface area contributed by atoms with Crippen LogP contribution in [-0.2, 0) is 4.79 Å². The molecule has 0 radical (unpaired) electrons. The fourth-order valence-corrected chi connectivity index (χ4v) is 3.76. The molecule has 1 saturated heterocycles. The number of likely N-dealkylation sites (N-methyl/N-ethyl adjacent to an activating group) is 1. The zero-order valence-corrected chi connectivity index (χ0v) is 18.1. The van der Waals surface area contributed by atoms with Crippen molar-refractivity contribution in [2.24, 2.45) is 0 Å². The zero-order chi connectivity index (χ0) is 21.8. The molecule has 2 aromatic carbocycles. The largest absolute Gasteiger partial charge is 0.507 e. The number of benzene rings is 2. The molecule has 1 atom stereocenters. The van der Waals surface area contributed by atoms with Gasteiger partial charge < -0.3 is 19.8 Å². The number of anilines is 1. The molecule has 0 aromatic heterocycles. The molecule has 7 heteroatoms. The summed E-state index contributed by atoms with van der Waals surface area (Å²) in [7, 11) is 6.90. The van der Waals surface area contributed by atoms with Crippen molar-refractivity contribution in [1.29, 1.82) is 0 Å². The summed E-state index contributed by atoms with van der Waals surface area (Å²) in [6.07, 6.45) is 0. The molecule has 1 aliphatic rings. The number of aromatic hydroxyl groups is 1. The molecule has 3 rings (SSSR count). The molecule has 1 fully saturated rings. The normalized spacial score (nSPS) is 15.5. The van der Waals surface area contributed by atoms with Crippen LogP contribution < -0.4 is 4.90 Å². The summed E-state index contributed by atoms with van der Waals surface area (Å²) < 4.78 is 0. The third-order valence-electron chi connectivity index (χ3n) is 5.45. The van der Waals surface area contributed by atoms with Gasteiger partial charge in [0.05, 0.1) is 5.56 Å². The highest BCUT2D eigenvalue weighted by atomic mass is 16.3. The molecule has 1 N–H and O–H groups in total. The number of phenolic OH excluding ortho intramolecular Hbond substituents is 1. The molecule has 2 amide bonds. The Morgan fingerprint density at radius 3 is 2.10 bits per heavy atom. The van der Waals surface area contributed by atoms with E-state index in [1.807, 2.05) is 36.4 Å². The quantitative estimate of drug-likeness (QED) is 0.817. The molecule has 1 aliphatic heterocycles. The Kier molecular flexibility index (Phi) is 6.62. The van der Waals surface area contributed by atoms with Gasteiger partial charge in [-0.05, 0) is 23.8 Å². The number of amides is 2. The van der Waals surface area contributed by atoms with E-state index in [2.05, 4.69) is 9.80 Å². The van der Waals surface area contributed by atoms with E-state index in [9.17, 15) is 14.7 Å². The zero-order valence-electron chi connectivity index (χ0n) is 18.1. The Morgan fingerprint density at radius 1 is 0.900 bits per heavy atom. The maximum absolute atomic E-state index is 12.9. The van der Waals surface area contributed by atoms with Crippen LogP contribution in [0.3, 0.4) is 0 Å². The monoisotopic (exact) mass is 410 g/mol. The number of carbonyl (C=O) groups is 2. The molecule has 0 bridgehead atoms. The highest BCUT2D eigenvalue weighted by Gasteiger charge is 2.31. The number of hydrogen-bond acceptors (Lipinski definition) is 5. The topological polar surface area (TPSA) is 67.3 Å². The van der Waals surface area contributed by atoms with Gasteiger partial charge in [-0.2, -0.15) is 0 Å². The van der Waals surface area contributed by atoms with Crippen LogP contribution >= 0.6 is 0 Å².